The summed E-state index contributed by atoms with van der Waals surface area (Å²) in [6.07, 6.45) is 1.65. The number of methoxy groups -OCH3 is 1. The highest BCUT2D eigenvalue weighted by Crippen LogP contribution is 2.20. The van der Waals surface area contributed by atoms with Gasteiger partial charge in [-0.25, -0.2) is 0 Å². The molecule has 1 fully saturated rings. The van der Waals surface area contributed by atoms with Gasteiger partial charge in [-0.1, -0.05) is 18.5 Å². The van der Waals surface area contributed by atoms with E-state index in [2.05, 4.69) is 15.0 Å². The Morgan fingerprint density at radius 1 is 1.26 bits per heavy atom. The first-order valence-electron chi connectivity index (χ1n) is 9.34. The number of aromatic nitrogens is 2. The van der Waals surface area contributed by atoms with Crippen LogP contribution >= 0.6 is 0 Å². The van der Waals surface area contributed by atoms with Crippen LogP contribution in [0.1, 0.15) is 25.7 Å². The summed E-state index contributed by atoms with van der Waals surface area (Å²) in [6, 6.07) is 7.15. The van der Waals surface area contributed by atoms with Crippen molar-refractivity contribution in [2.45, 2.75) is 32.4 Å². The first-order chi connectivity index (χ1) is 13.1. The van der Waals surface area contributed by atoms with E-state index >= 15 is 0 Å². The van der Waals surface area contributed by atoms with Crippen molar-refractivity contribution in [2.75, 3.05) is 33.3 Å². The number of nitrogens with zero attached hydrogens (tertiary/aromatic N) is 4. The summed E-state index contributed by atoms with van der Waals surface area (Å²) in [5.41, 5.74) is 6.83. The van der Waals surface area contributed by atoms with Crippen molar-refractivity contribution in [1.82, 2.24) is 19.9 Å². The number of amides is 1. The Kier molecular flexibility index (Phi) is 6.41. The van der Waals surface area contributed by atoms with E-state index in [1.54, 1.807) is 7.11 Å². The number of carbonyl (C=O) groups excluding carboxylic acids is 1. The molecular formula is C19H27N5O3. The number of rotatable bonds is 7. The smallest absolute Gasteiger partial charge is 0.241 e. The molecule has 1 saturated heterocycles. The standard InChI is InChI=1S/C19H27N5O3/c1-3-4-16(20)19(25)24-11-9-23(10-12-24)13-17-21-18(22-27-17)14-5-7-15(26-2)8-6-14/h5-8,16H,3-4,9-13,20H2,1-2H3. The van der Waals surface area contributed by atoms with Gasteiger partial charge in [-0.2, -0.15) is 4.98 Å². The molecule has 1 unspecified atom stereocenters. The number of hydrogen-bond donors (Lipinski definition) is 1. The van der Waals surface area contributed by atoms with Crippen molar-refractivity contribution >= 4 is 5.91 Å². The summed E-state index contributed by atoms with van der Waals surface area (Å²) < 4.78 is 10.5. The quantitative estimate of drug-likeness (QED) is 0.786. The Bertz CT molecular complexity index is 738. The average Bonchev–Trinajstić information content (AvgIpc) is 3.17. The molecule has 0 spiro atoms. The van der Waals surface area contributed by atoms with Crippen molar-refractivity contribution in [3.63, 3.8) is 0 Å². The maximum absolute atomic E-state index is 12.3. The number of ether oxygens (including phenoxy) is 1. The van der Waals surface area contributed by atoms with Crippen LogP contribution in [-0.2, 0) is 11.3 Å². The molecule has 0 bridgehead atoms. The molecule has 3 rings (SSSR count). The van der Waals surface area contributed by atoms with Crippen LogP contribution in [0, 0.1) is 0 Å². The number of benzene rings is 1. The molecule has 2 heterocycles. The fourth-order valence-corrected chi connectivity index (χ4v) is 3.16. The molecule has 1 amide bonds. The third-order valence-electron chi connectivity index (χ3n) is 4.78. The molecule has 0 saturated carbocycles. The zero-order chi connectivity index (χ0) is 19.2. The van der Waals surface area contributed by atoms with Crippen LogP contribution in [0.4, 0.5) is 0 Å². The molecule has 1 aromatic carbocycles. The van der Waals surface area contributed by atoms with Gasteiger partial charge in [0.25, 0.3) is 0 Å². The first kappa shape index (κ1) is 19.3. The van der Waals surface area contributed by atoms with E-state index in [9.17, 15) is 4.79 Å². The Morgan fingerprint density at radius 2 is 1.96 bits per heavy atom. The van der Waals surface area contributed by atoms with Gasteiger partial charge in [0.05, 0.1) is 19.7 Å². The Hall–Kier alpha value is -2.45. The van der Waals surface area contributed by atoms with Gasteiger partial charge < -0.3 is 19.9 Å². The molecule has 1 aliphatic heterocycles. The minimum atomic E-state index is -0.385. The summed E-state index contributed by atoms with van der Waals surface area (Å²) in [5, 5.41) is 4.06. The van der Waals surface area contributed by atoms with Gasteiger partial charge in [0.2, 0.25) is 17.6 Å². The summed E-state index contributed by atoms with van der Waals surface area (Å²) in [5.74, 6) is 1.97. The largest absolute Gasteiger partial charge is 0.497 e. The van der Waals surface area contributed by atoms with Crippen LogP contribution in [0.25, 0.3) is 11.4 Å². The van der Waals surface area contributed by atoms with E-state index in [0.29, 0.717) is 31.3 Å². The Balaban J connectivity index is 1.52. The van der Waals surface area contributed by atoms with Gasteiger partial charge in [-0.3, -0.25) is 9.69 Å². The SMILES string of the molecule is CCCC(N)C(=O)N1CCN(Cc2nc(-c3ccc(OC)cc3)no2)CC1. The molecule has 1 atom stereocenters. The summed E-state index contributed by atoms with van der Waals surface area (Å²) in [4.78, 5) is 20.8. The van der Waals surface area contributed by atoms with E-state index in [4.69, 9.17) is 15.0 Å². The Labute approximate surface area is 159 Å². The van der Waals surface area contributed by atoms with Gasteiger partial charge >= 0.3 is 0 Å². The van der Waals surface area contributed by atoms with Crippen LogP contribution in [0.3, 0.4) is 0 Å². The lowest BCUT2D eigenvalue weighted by Crippen LogP contribution is -2.52. The predicted molar refractivity (Wildman–Crippen MR) is 101 cm³/mol. The zero-order valence-electron chi connectivity index (χ0n) is 15.9. The zero-order valence-corrected chi connectivity index (χ0v) is 15.9. The van der Waals surface area contributed by atoms with Crippen LogP contribution < -0.4 is 10.5 Å². The number of nitrogens with two attached hydrogens (primary N) is 1. The third-order valence-corrected chi connectivity index (χ3v) is 4.78. The lowest BCUT2D eigenvalue weighted by atomic mass is 10.1. The molecule has 0 radical (unpaired) electrons. The van der Waals surface area contributed by atoms with Gasteiger partial charge in [-0.05, 0) is 30.7 Å². The molecule has 2 N–H and O–H groups in total. The Morgan fingerprint density at radius 3 is 2.59 bits per heavy atom. The highest BCUT2D eigenvalue weighted by atomic mass is 16.5. The fraction of sp³-hybridized carbons (Fsp3) is 0.526. The molecule has 8 nitrogen and oxygen atoms in total. The second-order valence-electron chi connectivity index (χ2n) is 6.74. The third kappa shape index (κ3) is 4.84. The molecule has 8 heteroatoms. The molecular weight excluding hydrogens is 346 g/mol. The van der Waals surface area contributed by atoms with Gasteiger partial charge in [0.1, 0.15) is 5.75 Å². The second-order valence-corrected chi connectivity index (χ2v) is 6.74. The summed E-state index contributed by atoms with van der Waals surface area (Å²) in [7, 11) is 1.63. The van der Waals surface area contributed by atoms with E-state index in [1.165, 1.54) is 0 Å². The van der Waals surface area contributed by atoms with Crippen molar-refractivity contribution in [3.8, 4) is 17.1 Å². The molecule has 1 aromatic heterocycles. The molecule has 146 valence electrons. The van der Waals surface area contributed by atoms with Gasteiger partial charge in [0, 0.05) is 31.7 Å². The van der Waals surface area contributed by atoms with Gasteiger partial charge in [0.15, 0.2) is 0 Å². The maximum atomic E-state index is 12.3. The van der Waals surface area contributed by atoms with Crippen LogP contribution in [0.2, 0.25) is 0 Å². The van der Waals surface area contributed by atoms with Crippen LogP contribution in [0.5, 0.6) is 5.75 Å². The lowest BCUT2D eigenvalue weighted by Gasteiger charge is -2.35. The van der Waals surface area contributed by atoms with E-state index in [1.807, 2.05) is 36.1 Å². The fourth-order valence-electron chi connectivity index (χ4n) is 3.16. The normalized spacial score (nSPS) is 16.3. The lowest BCUT2D eigenvalue weighted by molar-refractivity contribution is -0.134. The number of piperazine rings is 1. The maximum Gasteiger partial charge on any atom is 0.241 e. The topological polar surface area (TPSA) is 97.7 Å². The van der Waals surface area contributed by atoms with E-state index < -0.39 is 0 Å². The van der Waals surface area contributed by atoms with Crippen molar-refractivity contribution in [3.05, 3.63) is 30.2 Å². The van der Waals surface area contributed by atoms with Crippen molar-refractivity contribution < 1.29 is 14.1 Å². The van der Waals surface area contributed by atoms with Crippen molar-refractivity contribution in [2.24, 2.45) is 5.73 Å². The minimum Gasteiger partial charge on any atom is -0.497 e. The van der Waals surface area contributed by atoms with Crippen LogP contribution in [0.15, 0.2) is 28.8 Å². The second kappa shape index (κ2) is 8.96. The first-order valence-corrected chi connectivity index (χ1v) is 9.34. The predicted octanol–water partition coefficient (Wildman–Crippen LogP) is 1.52. The average molecular weight is 373 g/mol. The molecule has 1 aliphatic rings. The van der Waals surface area contributed by atoms with E-state index in [0.717, 1.165) is 37.2 Å². The molecule has 0 aliphatic carbocycles. The molecule has 2 aromatic rings. The van der Waals surface area contributed by atoms with Gasteiger partial charge in [-0.15, -0.1) is 0 Å². The number of hydrogen-bond acceptors (Lipinski definition) is 7. The summed E-state index contributed by atoms with van der Waals surface area (Å²) >= 11 is 0. The number of carbonyl (C=O) groups is 1. The summed E-state index contributed by atoms with van der Waals surface area (Å²) in [6.45, 7) is 5.50. The molecule has 27 heavy (non-hydrogen) atoms. The van der Waals surface area contributed by atoms with Crippen molar-refractivity contribution in [1.29, 1.82) is 0 Å². The monoisotopic (exact) mass is 373 g/mol. The highest BCUT2D eigenvalue weighted by molar-refractivity contribution is 5.81. The van der Waals surface area contributed by atoms with Crippen LogP contribution in [-0.4, -0.2) is 65.2 Å². The highest BCUT2D eigenvalue weighted by Gasteiger charge is 2.25. The minimum absolute atomic E-state index is 0.0519. The van der Waals surface area contributed by atoms with E-state index in [-0.39, 0.29) is 11.9 Å².